The summed E-state index contributed by atoms with van der Waals surface area (Å²) in [5, 5.41) is 2.92. The lowest BCUT2D eigenvalue weighted by Crippen LogP contribution is -2.41. The Bertz CT molecular complexity index is 993. The summed E-state index contributed by atoms with van der Waals surface area (Å²) in [5.41, 5.74) is 0.802. The average molecular weight is 391 g/mol. The van der Waals surface area contributed by atoms with E-state index in [2.05, 4.69) is 10.3 Å². The first-order valence-corrected chi connectivity index (χ1v) is 9.60. The van der Waals surface area contributed by atoms with Crippen LogP contribution in [-0.2, 0) is 20.9 Å². The Morgan fingerprint density at radius 3 is 3.00 bits per heavy atom. The molecule has 2 amide bonds. The number of para-hydroxylation sites is 2. The van der Waals surface area contributed by atoms with Crippen molar-refractivity contribution in [3.63, 3.8) is 0 Å². The summed E-state index contributed by atoms with van der Waals surface area (Å²) in [6, 6.07) is 11.0. The molecule has 4 heterocycles. The maximum atomic E-state index is 13.3. The molecule has 2 bridgehead atoms. The summed E-state index contributed by atoms with van der Waals surface area (Å²) < 4.78 is 11.5. The first kappa shape index (κ1) is 17.9. The van der Waals surface area contributed by atoms with Crippen LogP contribution in [-0.4, -0.2) is 47.1 Å². The fraction of sp³-hybridized carbons (Fsp3) is 0.318. The van der Waals surface area contributed by atoms with Gasteiger partial charge in [0.25, 0.3) is 0 Å². The molecule has 0 radical (unpaired) electrons. The summed E-state index contributed by atoms with van der Waals surface area (Å²) >= 11 is 0. The second-order valence-electron chi connectivity index (χ2n) is 7.65. The fourth-order valence-corrected chi connectivity index (χ4v) is 4.69. The normalized spacial score (nSPS) is 29.2. The number of rotatable bonds is 5. The Labute approximate surface area is 168 Å². The van der Waals surface area contributed by atoms with Crippen LogP contribution in [0.15, 0.2) is 60.9 Å². The van der Waals surface area contributed by atoms with Crippen LogP contribution in [0, 0.1) is 11.8 Å². The number of amides is 2. The van der Waals surface area contributed by atoms with Crippen molar-refractivity contribution in [1.29, 1.82) is 0 Å². The zero-order chi connectivity index (χ0) is 20.0. The van der Waals surface area contributed by atoms with Crippen molar-refractivity contribution in [3.8, 4) is 5.75 Å². The molecular formula is C22H21N3O4. The molecule has 2 aromatic rings. The number of ether oxygens (including phenoxy) is 2. The quantitative estimate of drug-likeness (QED) is 0.789. The van der Waals surface area contributed by atoms with E-state index < -0.39 is 17.4 Å². The Kier molecular flexibility index (Phi) is 4.13. The standard InChI is InChI=1S/C22H21N3O4/c1-28-16-7-3-2-6-15(16)24-20(26)18-17-8-9-22(29-17)13-25(21(27)19(18)22)12-14-5-4-10-23-11-14/h2-11,17-19H,12-13H2,1H3,(H,24,26)/t17-,18?,19-,22?/m1/s1. The van der Waals surface area contributed by atoms with Crippen LogP contribution in [0.2, 0.25) is 0 Å². The minimum atomic E-state index is -0.729. The maximum absolute atomic E-state index is 13.3. The first-order valence-electron chi connectivity index (χ1n) is 9.60. The predicted octanol–water partition coefficient (Wildman–Crippen LogP) is 2.01. The van der Waals surface area contributed by atoms with Crippen LogP contribution in [0.25, 0.3) is 0 Å². The van der Waals surface area contributed by atoms with Gasteiger partial charge in [0.15, 0.2) is 0 Å². The first-order chi connectivity index (χ1) is 14.1. The molecule has 7 nitrogen and oxygen atoms in total. The number of aromatic nitrogens is 1. The Morgan fingerprint density at radius 1 is 1.34 bits per heavy atom. The Morgan fingerprint density at radius 2 is 2.21 bits per heavy atom. The number of hydrogen-bond donors (Lipinski definition) is 1. The number of nitrogens with zero attached hydrogens (tertiary/aromatic N) is 2. The molecule has 3 aliphatic rings. The minimum absolute atomic E-state index is 0.0547. The van der Waals surface area contributed by atoms with Crippen LogP contribution >= 0.6 is 0 Å². The third kappa shape index (κ3) is 2.81. The lowest BCUT2D eigenvalue weighted by atomic mass is 9.76. The molecule has 5 rings (SSSR count). The monoisotopic (exact) mass is 391 g/mol. The number of carbonyl (C=O) groups excluding carboxylic acids is 2. The second kappa shape index (κ2) is 6.70. The van der Waals surface area contributed by atoms with E-state index in [-0.39, 0.29) is 17.9 Å². The van der Waals surface area contributed by atoms with Gasteiger partial charge in [-0.1, -0.05) is 30.4 Å². The Balaban J connectivity index is 1.39. The third-order valence-electron chi connectivity index (χ3n) is 5.94. The van der Waals surface area contributed by atoms with Gasteiger partial charge in [-0.15, -0.1) is 0 Å². The van der Waals surface area contributed by atoms with Gasteiger partial charge in [0.1, 0.15) is 11.4 Å². The molecule has 0 saturated carbocycles. The number of methoxy groups -OCH3 is 1. The smallest absolute Gasteiger partial charge is 0.231 e. The predicted molar refractivity (Wildman–Crippen MR) is 105 cm³/mol. The van der Waals surface area contributed by atoms with Crippen molar-refractivity contribution in [3.05, 3.63) is 66.5 Å². The number of pyridine rings is 1. The number of hydrogen-bond acceptors (Lipinski definition) is 5. The average Bonchev–Trinajstić information content (AvgIpc) is 3.37. The molecule has 29 heavy (non-hydrogen) atoms. The Hall–Kier alpha value is -3.19. The largest absolute Gasteiger partial charge is 0.495 e. The van der Waals surface area contributed by atoms with Crippen molar-refractivity contribution in [2.75, 3.05) is 19.0 Å². The summed E-state index contributed by atoms with van der Waals surface area (Å²) in [7, 11) is 1.56. The molecule has 7 heteroatoms. The highest BCUT2D eigenvalue weighted by molar-refractivity contribution is 5.99. The molecule has 0 aliphatic carbocycles. The number of likely N-dealkylation sites (tertiary alicyclic amines) is 1. The van der Waals surface area contributed by atoms with E-state index in [0.29, 0.717) is 24.5 Å². The summed E-state index contributed by atoms with van der Waals surface area (Å²) in [6.45, 7) is 0.893. The van der Waals surface area contributed by atoms with Crippen molar-refractivity contribution >= 4 is 17.5 Å². The van der Waals surface area contributed by atoms with Crippen molar-refractivity contribution in [1.82, 2.24) is 9.88 Å². The van der Waals surface area contributed by atoms with E-state index in [1.54, 1.807) is 36.5 Å². The van der Waals surface area contributed by atoms with Crippen molar-refractivity contribution in [2.45, 2.75) is 18.2 Å². The van der Waals surface area contributed by atoms with Gasteiger partial charge in [-0.05, 0) is 23.8 Å². The molecule has 1 N–H and O–H groups in total. The van der Waals surface area contributed by atoms with Gasteiger partial charge in [0, 0.05) is 18.9 Å². The molecule has 1 spiro atoms. The number of nitrogens with one attached hydrogen (secondary N) is 1. The van der Waals surface area contributed by atoms with Gasteiger partial charge < -0.3 is 19.7 Å². The highest BCUT2D eigenvalue weighted by atomic mass is 16.5. The molecule has 2 fully saturated rings. The maximum Gasteiger partial charge on any atom is 0.231 e. The van der Waals surface area contributed by atoms with E-state index in [1.165, 1.54) is 0 Å². The molecule has 4 atom stereocenters. The van der Waals surface area contributed by atoms with E-state index >= 15 is 0 Å². The van der Waals surface area contributed by atoms with Crippen molar-refractivity contribution < 1.29 is 19.1 Å². The summed E-state index contributed by atoms with van der Waals surface area (Å²) in [6.07, 6.45) is 6.92. The van der Waals surface area contributed by atoms with Crippen LogP contribution in [0.4, 0.5) is 5.69 Å². The highest BCUT2D eigenvalue weighted by Crippen LogP contribution is 2.52. The fourth-order valence-electron chi connectivity index (χ4n) is 4.69. The van der Waals surface area contributed by atoms with Gasteiger partial charge in [-0.3, -0.25) is 14.6 Å². The van der Waals surface area contributed by atoms with Gasteiger partial charge in [0.05, 0.1) is 37.3 Å². The highest BCUT2D eigenvalue weighted by Gasteiger charge is 2.66. The van der Waals surface area contributed by atoms with Crippen LogP contribution in [0.3, 0.4) is 0 Å². The van der Waals surface area contributed by atoms with E-state index in [9.17, 15) is 9.59 Å². The zero-order valence-electron chi connectivity index (χ0n) is 15.9. The number of anilines is 1. The number of benzene rings is 1. The topological polar surface area (TPSA) is 80.8 Å². The van der Waals surface area contributed by atoms with E-state index in [4.69, 9.17) is 9.47 Å². The summed E-state index contributed by atoms with van der Waals surface area (Å²) in [4.78, 5) is 32.3. The van der Waals surface area contributed by atoms with E-state index in [0.717, 1.165) is 5.56 Å². The number of fused-ring (bicyclic) bond motifs is 1. The number of carbonyl (C=O) groups is 2. The van der Waals surface area contributed by atoms with Gasteiger partial charge in [-0.25, -0.2) is 0 Å². The molecule has 2 saturated heterocycles. The lowest BCUT2D eigenvalue weighted by Gasteiger charge is -2.23. The molecule has 148 valence electrons. The minimum Gasteiger partial charge on any atom is -0.495 e. The van der Waals surface area contributed by atoms with Crippen LogP contribution in [0.1, 0.15) is 5.56 Å². The molecule has 2 unspecified atom stereocenters. The molecule has 1 aromatic heterocycles. The van der Waals surface area contributed by atoms with Crippen LogP contribution < -0.4 is 10.1 Å². The zero-order valence-corrected chi connectivity index (χ0v) is 15.9. The van der Waals surface area contributed by atoms with Gasteiger partial charge >= 0.3 is 0 Å². The van der Waals surface area contributed by atoms with Gasteiger partial charge in [-0.2, -0.15) is 0 Å². The van der Waals surface area contributed by atoms with Gasteiger partial charge in [0.2, 0.25) is 11.8 Å². The molecule has 1 aromatic carbocycles. The molecular weight excluding hydrogens is 370 g/mol. The van der Waals surface area contributed by atoms with Crippen LogP contribution in [0.5, 0.6) is 5.75 Å². The lowest BCUT2D eigenvalue weighted by molar-refractivity contribution is -0.136. The third-order valence-corrected chi connectivity index (χ3v) is 5.94. The van der Waals surface area contributed by atoms with Crippen molar-refractivity contribution in [2.24, 2.45) is 11.8 Å². The summed E-state index contributed by atoms with van der Waals surface area (Å²) in [5.74, 6) is -0.806. The molecule has 3 aliphatic heterocycles. The SMILES string of the molecule is COc1ccccc1NC(=O)C1[C@H]2C=CC3(CN(Cc4cccnc4)C(=O)[C@@H]13)O2. The van der Waals surface area contributed by atoms with E-state index in [1.807, 2.05) is 36.4 Å². The second-order valence-corrected chi connectivity index (χ2v) is 7.65.